The molecule has 2 N–H and O–H groups in total. The van der Waals surface area contributed by atoms with Gasteiger partial charge in [0.1, 0.15) is 0 Å². The third-order valence-corrected chi connectivity index (χ3v) is 4.05. The van der Waals surface area contributed by atoms with E-state index in [-0.39, 0.29) is 5.54 Å². The highest BCUT2D eigenvalue weighted by molar-refractivity contribution is 5.50. The zero-order chi connectivity index (χ0) is 12.3. The molecule has 0 radical (unpaired) electrons. The van der Waals surface area contributed by atoms with Crippen LogP contribution in [0.15, 0.2) is 24.3 Å². The number of hydrogen-bond acceptors (Lipinski definition) is 2. The van der Waals surface area contributed by atoms with E-state index in [2.05, 4.69) is 43.0 Å². The van der Waals surface area contributed by atoms with E-state index in [0.29, 0.717) is 0 Å². The lowest BCUT2D eigenvalue weighted by Crippen LogP contribution is -2.33. The van der Waals surface area contributed by atoms with Crippen molar-refractivity contribution in [2.75, 3.05) is 18.0 Å². The minimum absolute atomic E-state index is 0.0663. The largest absolute Gasteiger partial charge is 0.372 e. The van der Waals surface area contributed by atoms with Gasteiger partial charge in [0.25, 0.3) is 0 Å². The predicted molar refractivity (Wildman–Crippen MR) is 74.3 cm³/mol. The molecule has 0 bridgehead atoms. The summed E-state index contributed by atoms with van der Waals surface area (Å²) >= 11 is 0. The fraction of sp³-hybridized carbons (Fsp3) is 0.600. The van der Waals surface area contributed by atoms with Crippen molar-refractivity contribution in [3.63, 3.8) is 0 Å². The van der Waals surface area contributed by atoms with E-state index >= 15 is 0 Å². The lowest BCUT2D eigenvalue weighted by Gasteiger charge is -2.27. The first-order chi connectivity index (χ1) is 8.19. The van der Waals surface area contributed by atoms with Crippen molar-refractivity contribution in [2.24, 2.45) is 5.73 Å². The van der Waals surface area contributed by atoms with Gasteiger partial charge in [-0.25, -0.2) is 0 Å². The van der Waals surface area contributed by atoms with E-state index in [1.807, 2.05) is 0 Å². The van der Waals surface area contributed by atoms with E-state index < -0.39 is 0 Å². The molecule has 94 valence electrons. The number of anilines is 1. The van der Waals surface area contributed by atoms with Crippen molar-refractivity contribution in [3.8, 4) is 0 Å². The Morgan fingerprint density at radius 2 is 1.82 bits per heavy atom. The molecular formula is C15H24N2. The van der Waals surface area contributed by atoms with Gasteiger partial charge in [0.15, 0.2) is 0 Å². The molecule has 17 heavy (non-hydrogen) atoms. The summed E-state index contributed by atoms with van der Waals surface area (Å²) in [6.45, 7) is 6.50. The molecule has 0 amide bonds. The van der Waals surface area contributed by atoms with Crippen LogP contribution in [0.5, 0.6) is 0 Å². The van der Waals surface area contributed by atoms with Gasteiger partial charge in [-0.05, 0) is 44.4 Å². The second-order valence-corrected chi connectivity index (χ2v) is 5.09. The molecule has 0 unspecified atom stereocenters. The van der Waals surface area contributed by atoms with Gasteiger partial charge in [-0.15, -0.1) is 0 Å². The van der Waals surface area contributed by atoms with Gasteiger partial charge < -0.3 is 10.6 Å². The van der Waals surface area contributed by atoms with Crippen LogP contribution < -0.4 is 10.6 Å². The van der Waals surface area contributed by atoms with Crippen LogP contribution in [0.3, 0.4) is 0 Å². The number of hydrogen-bond donors (Lipinski definition) is 1. The molecule has 0 heterocycles. The maximum absolute atomic E-state index is 6.51. The Balaban J connectivity index is 2.27. The molecule has 0 spiro atoms. The fourth-order valence-corrected chi connectivity index (χ4v) is 2.90. The Bertz CT molecular complexity index is 363. The topological polar surface area (TPSA) is 29.3 Å². The van der Waals surface area contributed by atoms with Gasteiger partial charge in [-0.2, -0.15) is 0 Å². The monoisotopic (exact) mass is 232 g/mol. The molecule has 2 heteroatoms. The van der Waals surface area contributed by atoms with Crippen LogP contribution in [-0.4, -0.2) is 13.1 Å². The second kappa shape index (κ2) is 5.09. The Labute approximate surface area is 105 Å². The highest BCUT2D eigenvalue weighted by atomic mass is 15.1. The maximum Gasteiger partial charge on any atom is 0.0410 e. The molecule has 1 aromatic rings. The van der Waals surface area contributed by atoms with Crippen LogP contribution in [0.25, 0.3) is 0 Å². The third-order valence-electron chi connectivity index (χ3n) is 4.05. The van der Waals surface area contributed by atoms with E-state index in [1.165, 1.54) is 24.1 Å². The summed E-state index contributed by atoms with van der Waals surface area (Å²) in [6, 6.07) is 8.82. The normalized spacial score (nSPS) is 18.3. The summed E-state index contributed by atoms with van der Waals surface area (Å²) < 4.78 is 0. The summed E-state index contributed by atoms with van der Waals surface area (Å²) in [5, 5.41) is 0. The summed E-state index contributed by atoms with van der Waals surface area (Å²) in [5.41, 5.74) is 9.08. The molecule has 1 saturated carbocycles. The smallest absolute Gasteiger partial charge is 0.0410 e. The first kappa shape index (κ1) is 12.4. The maximum atomic E-state index is 6.51. The Morgan fingerprint density at radius 1 is 1.18 bits per heavy atom. The minimum atomic E-state index is -0.0663. The van der Waals surface area contributed by atoms with E-state index in [0.717, 1.165) is 25.9 Å². The standard InChI is InChI=1S/C15H24N2/c1-3-17(4-2)14-9-7-8-13(12-14)15(16)10-5-6-11-15/h7-9,12H,3-6,10-11,16H2,1-2H3. The molecular weight excluding hydrogens is 208 g/mol. The van der Waals surface area contributed by atoms with Gasteiger partial charge in [-0.3, -0.25) is 0 Å². The Hall–Kier alpha value is -1.02. The van der Waals surface area contributed by atoms with Crippen molar-refractivity contribution >= 4 is 5.69 Å². The van der Waals surface area contributed by atoms with Crippen molar-refractivity contribution in [2.45, 2.75) is 45.1 Å². The average molecular weight is 232 g/mol. The summed E-state index contributed by atoms with van der Waals surface area (Å²) in [7, 11) is 0. The van der Waals surface area contributed by atoms with Gasteiger partial charge in [0, 0.05) is 24.3 Å². The van der Waals surface area contributed by atoms with Crippen LogP contribution in [0, 0.1) is 0 Å². The number of nitrogens with two attached hydrogens (primary N) is 1. The zero-order valence-electron chi connectivity index (χ0n) is 11.1. The first-order valence-corrected chi connectivity index (χ1v) is 6.84. The van der Waals surface area contributed by atoms with Crippen molar-refractivity contribution < 1.29 is 0 Å². The van der Waals surface area contributed by atoms with Gasteiger partial charge in [0.05, 0.1) is 0 Å². The SMILES string of the molecule is CCN(CC)c1cccc(C2(N)CCCC2)c1. The number of rotatable bonds is 4. The van der Waals surface area contributed by atoms with Crippen LogP contribution in [0.4, 0.5) is 5.69 Å². The van der Waals surface area contributed by atoms with Crippen LogP contribution in [0.2, 0.25) is 0 Å². The second-order valence-electron chi connectivity index (χ2n) is 5.09. The van der Waals surface area contributed by atoms with Crippen molar-refractivity contribution in [3.05, 3.63) is 29.8 Å². The molecule has 0 atom stereocenters. The Morgan fingerprint density at radius 3 is 2.41 bits per heavy atom. The van der Waals surface area contributed by atoms with E-state index in [9.17, 15) is 0 Å². The van der Waals surface area contributed by atoms with Gasteiger partial charge in [-0.1, -0.05) is 25.0 Å². The summed E-state index contributed by atoms with van der Waals surface area (Å²) in [5.74, 6) is 0. The highest BCUT2D eigenvalue weighted by Crippen LogP contribution is 2.37. The summed E-state index contributed by atoms with van der Waals surface area (Å²) in [6.07, 6.45) is 4.81. The lowest BCUT2D eigenvalue weighted by atomic mass is 9.89. The third kappa shape index (κ3) is 2.47. The van der Waals surface area contributed by atoms with Crippen molar-refractivity contribution in [1.82, 2.24) is 0 Å². The zero-order valence-corrected chi connectivity index (χ0v) is 11.1. The van der Waals surface area contributed by atoms with Crippen LogP contribution in [-0.2, 0) is 5.54 Å². The quantitative estimate of drug-likeness (QED) is 0.863. The van der Waals surface area contributed by atoms with Crippen molar-refractivity contribution in [1.29, 1.82) is 0 Å². The molecule has 1 aromatic carbocycles. The highest BCUT2D eigenvalue weighted by Gasteiger charge is 2.31. The molecule has 0 aliphatic heterocycles. The van der Waals surface area contributed by atoms with Gasteiger partial charge in [0.2, 0.25) is 0 Å². The van der Waals surface area contributed by atoms with Crippen LogP contribution >= 0.6 is 0 Å². The average Bonchev–Trinajstić information content (AvgIpc) is 2.80. The summed E-state index contributed by atoms with van der Waals surface area (Å²) in [4.78, 5) is 2.38. The molecule has 0 saturated heterocycles. The van der Waals surface area contributed by atoms with E-state index in [4.69, 9.17) is 5.73 Å². The number of nitrogens with zero attached hydrogens (tertiary/aromatic N) is 1. The van der Waals surface area contributed by atoms with Crippen LogP contribution in [0.1, 0.15) is 45.1 Å². The molecule has 2 nitrogen and oxygen atoms in total. The predicted octanol–water partition coefficient (Wildman–Crippen LogP) is 3.26. The molecule has 1 aliphatic rings. The lowest BCUT2D eigenvalue weighted by molar-refractivity contribution is 0.461. The Kier molecular flexibility index (Phi) is 3.72. The molecule has 1 fully saturated rings. The minimum Gasteiger partial charge on any atom is -0.372 e. The van der Waals surface area contributed by atoms with Gasteiger partial charge >= 0.3 is 0 Å². The molecule has 2 rings (SSSR count). The van der Waals surface area contributed by atoms with E-state index in [1.54, 1.807) is 0 Å². The molecule has 0 aromatic heterocycles. The first-order valence-electron chi connectivity index (χ1n) is 6.84. The fourth-order valence-electron chi connectivity index (χ4n) is 2.90. The number of benzene rings is 1. The molecule has 1 aliphatic carbocycles.